The minimum atomic E-state index is -0.204. The Kier molecular flexibility index (Phi) is 2.79. The second-order valence-corrected chi connectivity index (χ2v) is 4.42. The molecule has 0 radical (unpaired) electrons. The highest BCUT2D eigenvalue weighted by Crippen LogP contribution is 2.29. The highest BCUT2D eigenvalue weighted by molar-refractivity contribution is 5.90. The third-order valence-electron chi connectivity index (χ3n) is 3.33. The fourth-order valence-electron chi connectivity index (χ4n) is 2.48. The number of aromatic nitrogens is 5. The molecule has 0 bridgehead atoms. The maximum absolute atomic E-state index is 11.9. The van der Waals surface area contributed by atoms with E-state index in [1.165, 1.54) is 6.33 Å². The number of rotatable bonds is 3. The van der Waals surface area contributed by atoms with Crippen LogP contribution >= 0.6 is 0 Å². The Bertz CT molecular complexity index is 506. The number of hydrogen-bond acceptors (Lipinski definition) is 4. The summed E-state index contributed by atoms with van der Waals surface area (Å²) in [6.07, 6.45) is 9.95. The number of carbonyl (C=O) groups is 1. The van der Waals surface area contributed by atoms with E-state index in [0.717, 1.165) is 19.3 Å². The van der Waals surface area contributed by atoms with Crippen molar-refractivity contribution >= 4 is 5.91 Å². The monoisotopic (exact) mass is 246 g/mol. The summed E-state index contributed by atoms with van der Waals surface area (Å²) in [6.45, 7) is 0. The van der Waals surface area contributed by atoms with E-state index in [0.29, 0.717) is 0 Å². The molecule has 2 N–H and O–H groups in total. The van der Waals surface area contributed by atoms with Gasteiger partial charge in [-0.3, -0.25) is 9.89 Å². The van der Waals surface area contributed by atoms with Gasteiger partial charge in [0.15, 0.2) is 0 Å². The molecule has 2 aromatic heterocycles. The quantitative estimate of drug-likeness (QED) is 0.826. The Hall–Kier alpha value is -2.18. The minimum Gasteiger partial charge on any atom is -0.345 e. The van der Waals surface area contributed by atoms with Gasteiger partial charge in [0.25, 0.3) is 5.91 Å². The molecule has 0 spiro atoms. The second-order valence-electron chi connectivity index (χ2n) is 4.42. The van der Waals surface area contributed by atoms with Gasteiger partial charge in [0.2, 0.25) is 5.82 Å². The van der Waals surface area contributed by atoms with Crippen LogP contribution in [0.3, 0.4) is 0 Å². The Balaban J connectivity index is 1.70. The Morgan fingerprint density at radius 3 is 3.17 bits per heavy atom. The second kappa shape index (κ2) is 4.59. The molecule has 1 aliphatic rings. The van der Waals surface area contributed by atoms with Crippen LogP contribution in [0.25, 0.3) is 0 Å². The third-order valence-corrected chi connectivity index (χ3v) is 3.33. The van der Waals surface area contributed by atoms with Crippen molar-refractivity contribution in [3.8, 4) is 0 Å². The zero-order valence-electron chi connectivity index (χ0n) is 9.78. The molecule has 1 saturated carbocycles. The van der Waals surface area contributed by atoms with Crippen LogP contribution in [0.1, 0.15) is 35.9 Å². The molecule has 18 heavy (non-hydrogen) atoms. The van der Waals surface area contributed by atoms with Crippen molar-refractivity contribution < 1.29 is 4.79 Å². The number of amides is 1. The van der Waals surface area contributed by atoms with Gasteiger partial charge < -0.3 is 9.88 Å². The van der Waals surface area contributed by atoms with Gasteiger partial charge in [-0.2, -0.15) is 5.10 Å². The fourth-order valence-corrected chi connectivity index (χ4v) is 2.48. The van der Waals surface area contributed by atoms with Crippen LogP contribution in [-0.2, 0) is 0 Å². The third kappa shape index (κ3) is 1.99. The van der Waals surface area contributed by atoms with Crippen molar-refractivity contribution in [3.63, 3.8) is 0 Å². The zero-order valence-corrected chi connectivity index (χ0v) is 9.78. The van der Waals surface area contributed by atoms with Gasteiger partial charge in [0.1, 0.15) is 6.33 Å². The Labute approximate surface area is 104 Å². The van der Waals surface area contributed by atoms with Gasteiger partial charge >= 0.3 is 0 Å². The molecule has 0 aromatic carbocycles. The fraction of sp³-hybridized carbons (Fsp3) is 0.455. The number of hydrogen-bond donors (Lipinski definition) is 2. The molecule has 0 saturated heterocycles. The molecule has 2 aromatic rings. The van der Waals surface area contributed by atoms with Crippen LogP contribution in [0, 0.1) is 0 Å². The summed E-state index contributed by atoms with van der Waals surface area (Å²) in [7, 11) is 0. The standard InChI is InChI=1S/C11H14N6O/c18-11(10-13-6-14-16-10)15-8-2-1-3-9(8)17-5-4-12-7-17/h4-9H,1-3H2,(H,15,18)(H,13,14,16). The van der Waals surface area contributed by atoms with E-state index < -0.39 is 0 Å². The molecule has 1 fully saturated rings. The first-order chi connectivity index (χ1) is 8.84. The first-order valence-corrected chi connectivity index (χ1v) is 5.98. The van der Waals surface area contributed by atoms with Crippen molar-refractivity contribution in [1.29, 1.82) is 0 Å². The van der Waals surface area contributed by atoms with E-state index in [4.69, 9.17) is 0 Å². The van der Waals surface area contributed by atoms with Gasteiger partial charge in [-0.1, -0.05) is 0 Å². The summed E-state index contributed by atoms with van der Waals surface area (Å²) in [5.74, 6) is 0.0517. The van der Waals surface area contributed by atoms with Crippen molar-refractivity contribution in [1.82, 2.24) is 30.0 Å². The van der Waals surface area contributed by atoms with Crippen molar-refractivity contribution in [3.05, 3.63) is 30.9 Å². The van der Waals surface area contributed by atoms with Crippen LogP contribution in [0.15, 0.2) is 25.0 Å². The highest BCUT2D eigenvalue weighted by atomic mass is 16.2. The first-order valence-electron chi connectivity index (χ1n) is 5.98. The van der Waals surface area contributed by atoms with Crippen molar-refractivity contribution in [2.45, 2.75) is 31.3 Å². The molecule has 3 rings (SSSR count). The highest BCUT2D eigenvalue weighted by Gasteiger charge is 2.30. The average Bonchev–Trinajstić information content (AvgIpc) is 3.11. The van der Waals surface area contributed by atoms with E-state index in [1.54, 1.807) is 12.5 Å². The topological polar surface area (TPSA) is 88.5 Å². The summed E-state index contributed by atoms with van der Waals surface area (Å²) < 4.78 is 2.05. The maximum Gasteiger partial charge on any atom is 0.288 e. The lowest BCUT2D eigenvalue weighted by molar-refractivity contribution is 0.0918. The lowest BCUT2D eigenvalue weighted by atomic mass is 10.1. The summed E-state index contributed by atoms with van der Waals surface area (Å²) in [5, 5.41) is 9.24. The molecule has 1 amide bonds. The Morgan fingerprint density at radius 1 is 1.50 bits per heavy atom. The first kappa shape index (κ1) is 10.9. The lowest BCUT2D eigenvalue weighted by Crippen LogP contribution is -2.38. The van der Waals surface area contributed by atoms with Crippen LogP contribution < -0.4 is 5.32 Å². The van der Waals surface area contributed by atoms with Crippen molar-refractivity contribution in [2.75, 3.05) is 0 Å². The summed E-state index contributed by atoms with van der Waals surface area (Å²) in [6, 6.07) is 0.399. The van der Waals surface area contributed by atoms with Gasteiger partial charge in [-0.15, -0.1) is 0 Å². The molecular formula is C11H14N6O. The van der Waals surface area contributed by atoms with Gasteiger partial charge in [-0.25, -0.2) is 9.97 Å². The predicted molar refractivity (Wildman–Crippen MR) is 62.8 cm³/mol. The number of nitrogens with one attached hydrogen (secondary N) is 2. The average molecular weight is 246 g/mol. The SMILES string of the molecule is O=C(NC1CCCC1n1ccnc1)c1ncn[nH]1. The zero-order chi connectivity index (χ0) is 12.4. The Morgan fingerprint density at radius 2 is 2.44 bits per heavy atom. The number of aromatic amines is 1. The molecule has 94 valence electrons. The van der Waals surface area contributed by atoms with Crippen LogP contribution in [0.4, 0.5) is 0 Å². The van der Waals surface area contributed by atoms with E-state index in [2.05, 4.69) is 30.0 Å². The minimum absolute atomic E-state index is 0.122. The van der Waals surface area contributed by atoms with Crippen LogP contribution in [0.2, 0.25) is 0 Å². The lowest BCUT2D eigenvalue weighted by Gasteiger charge is -2.21. The smallest absolute Gasteiger partial charge is 0.288 e. The molecule has 2 unspecified atom stereocenters. The predicted octanol–water partition coefficient (Wildman–Crippen LogP) is 0.525. The molecule has 2 heterocycles. The van der Waals surface area contributed by atoms with Crippen molar-refractivity contribution in [2.24, 2.45) is 0 Å². The number of carbonyl (C=O) groups excluding carboxylic acids is 1. The molecule has 7 heteroatoms. The van der Waals surface area contributed by atoms with Gasteiger partial charge in [-0.05, 0) is 19.3 Å². The van der Waals surface area contributed by atoms with E-state index in [-0.39, 0.29) is 23.8 Å². The van der Waals surface area contributed by atoms with E-state index in [9.17, 15) is 4.79 Å². The summed E-state index contributed by atoms with van der Waals surface area (Å²) in [5.41, 5.74) is 0. The largest absolute Gasteiger partial charge is 0.345 e. The molecule has 2 atom stereocenters. The van der Waals surface area contributed by atoms with Gasteiger partial charge in [0.05, 0.1) is 18.4 Å². The molecular weight excluding hydrogens is 232 g/mol. The molecule has 1 aliphatic carbocycles. The van der Waals surface area contributed by atoms with Crippen LogP contribution in [0.5, 0.6) is 0 Å². The normalized spacial score (nSPS) is 23.1. The number of nitrogens with zero attached hydrogens (tertiary/aromatic N) is 4. The summed E-state index contributed by atoms with van der Waals surface area (Å²) >= 11 is 0. The molecule has 7 nitrogen and oxygen atoms in total. The summed E-state index contributed by atoms with van der Waals surface area (Å²) in [4.78, 5) is 19.8. The molecule has 0 aliphatic heterocycles. The number of H-pyrrole nitrogens is 1. The van der Waals surface area contributed by atoms with E-state index >= 15 is 0 Å². The van der Waals surface area contributed by atoms with Crippen LogP contribution in [-0.4, -0.2) is 36.7 Å². The maximum atomic E-state index is 11.9. The van der Waals surface area contributed by atoms with E-state index in [1.807, 2.05) is 6.20 Å². The number of imidazole rings is 1. The van der Waals surface area contributed by atoms with Gasteiger partial charge in [0, 0.05) is 12.4 Å².